The van der Waals surface area contributed by atoms with Crippen LogP contribution in [0.2, 0.25) is 0 Å². The standard InChI is InChI=1S/C13H17NO/c1-10-5-6-12(7-11(10)2)15-9-13(3,4)8-14/h5-7H,9H2,1-4H3. The Morgan fingerprint density at radius 1 is 1.27 bits per heavy atom. The van der Waals surface area contributed by atoms with Crippen LogP contribution in [0, 0.1) is 30.6 Å². The summed E-state index contributed by atoms with van der Waals surface area (Å²) in [5.74, 6) is 0.835. The molecule has 0 N–H and O–H groups in total. The van der Waals surface area contributed by atoms with E-state index in [4.69, 9.17) is 10.00 Å². The molecule has 0 aromatic heterocycles. The molecule has 0 atom stereocenters. The molecule has 0 spiro atoms. The summed E-state index contributed by atoms with van der Waals surface area (Å²) in [7, 11) is 0. The molecule has 0 aliphatic heterocycles. The first-order valence-corrected chi connectivity index (χ1v) is 5.06. The largest absolute Gasteiger partial charge is 0.492 e. The SMILES string of the molecule is Cc1ccc(OCC(C)(C)C#N)cc1C. The Morgan fingerprint density at radius 3 is 2.47 bits per heavy atom. The van der Waals surface area contributed by atoms with Crippen LogP contribution in [0.4, 0.5) is 0 Å². The molecule has 1 aromatic rings. The van der Waals surface area contributed by atoms with E-state index in [0.29, 0.717) is 6.61 Å². The zero-order valence-electron chi connectivity index (χ0n) is 9.79. The summed E-state index contributed by atoms with van der Waals surface area (Å²) in [6.45, 7) is 8.28. The lowest BCUT2D eigenvalue weighted by molar-refractivity contribution is 0.227. The Labute approximate surface area is 91.5 Å². The van der Waals surface area contributed by atoms with Crippen molar-refractivity contribution in [3.8, 4) is 11.8 Å². The van der Waals surface area contributed by atoms with Gasteiger partial charge in [0, 0.05) is 0 Å². The van der Waals surface area contributed by atoms with Crippen LogP contribution in [-0.4, -0.2) is 6.61 Å². The lowest BCUT2D eigenvalue weighted by Gasteiger charge is -2.16. The third-order valence-corrected chi connectivity index (χ3v) is 2.38. The molecule has 0 amide bonds. The van der Waals surface area contributed by atoms with E-state index in [1.54, 1.807) is 0 Å². The number of rotatable bonds is 3. The van der Waals surface area contributed by atoms with Gasteiger partial charge in [0.1, 0.15) is 12.4 Å². The quantitative estimate of drug-likeness (QED) is 0.755. The van der Waals surface area contributed by atoms with Crippen molar-refractivity contribution in [2.45, 2.75) is 27.7 Å². The maximum absolute atomic E-state index is 8.84. The average molecular weight is 203 g/mol. The van der Waals surface area contributed by atoms with Gasteiger partial charge in [-0.1, -0.05) is 6.07 Å². The first kappa shape index (κ1) is 11.6. The molecule has 0 unspecified atom stereocenters. The number of hydrogen-bond donors (Lipinski definition) is 0. The molecule has 1 aromatic carbocycles. The minimum atomic E-state index is -0.432. The second-order valence-corrected chi connectivity index (χ2v) is 4.53. The Bertz CT molecular complexity index is 388. The van der Waals surface area contributed by atoms with Crippen LogP contribution >= 0.6 is 0 Å². The highest BCUT2D eigenvalue weighted by Gasteiger charge is 2.17. The van der Waals surface area contributed by atoms with Crippen LogP contribution < -0.4 is 4.74 Å². The van der Waals surface area contributed by atoms with Crippen LogP contribution in [0.15, 0.2) is 18.2 Å². The summed E-state index contributed by atoms with van der Waals surface area (Å²) in [6.07, 6.45) is 0. The van der Waals surface area contributed by atoms with Gasteiger partial charge in [0.15, 0.2) is 0 Å². The molecule has 0 saturated heterocycles. The number of nitriles is 1. The highest BCUT2D eigenvalue weighted by molar-refractivity contribution is 5.33. The second kappa shape index (κ2) is 4.35. The highest BCUT2D eigenvalue weighted by atomic mass is 16.5. The monoisotopic (exact) mass is 203 g/mol. The Morgan fingerprint density at radius 2 is 1.93 bits per heavy atom. The Kier molecular flexibility index (Phi) is 3.36. The van der Waals surface area contributed by atoms with Gasteiger partial charge in [0.05, 0.1) is 11.5 Å². The fourth-order valence-electron chi connectivity index (χ4n) is 1.10. The van der Waals surface area contributed by atoms with Gasteiger partial charge in [-0.25, -0.2) is 0 Å². The van der Waals surface area contributed by atoms with Gasteiger partial charge in [0.25, 0.3) is 0 Å². The molecule has 0 fully saturated rings. The van der Waals surface area contributed by atoms with Gasteiger partial charge in [-0.05, 0) is 51.0 Å². The molecule has 2 heteroatoms. The van der Waals surface area contributed by atoms with Crippen molar-refractivity contribution in [2.24, 2.45) is 5.41 Å². The van der Waals surface area contributed by atoms with Crippen molar-refractivity contribution >= 4 is 0 Å². The number of nitrogens with zero attached hydrogens (tertiary/aromatic N) is 1. The van der Waals surface area contributed by atoms with Gasteiger partial charge in [-0.15, -0.1) is 0 Å². The van der Waals surface area contributed by atoms with Gasteiger partial charge >= 0.3 is 0 Å². The van der Waals surface area contributed by atoms with Crippen molar-refractivity contribution in [3.63, 3.8) is 0 Å². The molecular weight excluding hydrogens is 186 g/mol. The third-order valence-electron chi connectivity index (χ3n) is 2.38. The lowest BCUT2D eigenvalue weighted by atomic mass is 9.98. The number of hydrogen-bond acceptors (Lipinski definition) is 2. The van der Waals surface area contributed by atoms with Crippen LogP contribution in [0.25, 0.3) is 0 Å². The maximum atomic E-state index is 8.84. The van der Waals surface area contributed by atoms with E-state index >= 15 is 0 Å². The smallest absolute Gasteiger partial charge is 0.119 e. The van der Waals surface area contributed by atoms with Crippen LogP contribution in [-0.2, 0) is 0 Å². The van der Waals surface area contributed by atoms with Gasteiger partial charge in [-0.3, -0.25) is 0 Å². The highest BCUT2D eigenvalue weighted by Crippen LogP contribution is 2.20. The second-order valence-electron chi connectivity index (χ2n) is 4.53. The van der Waals surface area contributed by atoms with E-state index in [9.17, 15) is 0 Å². The van der Waals surface area contributed by atoms with Gasteiger partial charge < -0.3 is 4.74 Å². The topological polar surface area (TPSA) is 33.0 Å². The molecule has 0 radical (unpaired) electrons. The predicted molar refractivity (Wildman–Crippen MR) is 60.8 cm³/mol. The zero-order chi connectivity index (χ0) is 11.5. The normalized spacial score (nSPS) is 10.9. The van der Waals surface area contributed by atoms with E-state index in [2.05, 4.69) is 19.9 Å². The van der Waals surface area contributed by atoms with Gasteiger partial charge in [-0.2, -0.15) is 5.26 Å². The fourth-order valence-corrected chi connectivity index (χ4v) is 1.10. The molecule has 0 saturated carbocycles. The zero-order valence-corrected chi connectivity index (χ0v) is 9.79. The Balaban J connectivity index is 2.67. The summed E-state index contributed by atoms with van der Waals surface area (Å²) in [4.78, 5) is 0. The number of aryl methyl sites for hydroxylation is 2. The predicted octanol–water partition coefficient (Wildman–Crippen LogP) is 3.23. The molecule has 0 bridgehead atoms. The van der Waals surface area contributed by atoms with E-state index in [1.165, 1.54) is 11.1 Å². The van der Waals surface area contributed by atoms with Crippen molar-refractivity contribution in [3.05, 3.63) is 29.3 Å². The molecule has 1 rings (SSSR count). The summed E-state index contributed by atoms with van der Waals surface area (Å²) in [6, 6.07) is 8.19. The molecule has 0 aliphatic carbocycles. The Hall–Kier alpha value is -1.49. The first-order chi connectivity index (χ1) is 6.94. The van der Waals surface area contributed by atoms with E-state index in [0.717, 1.165) is 5.75 Å². The van der Waals surface area contributed by atoms with Crippen molar-refractivity contribution < 1.29 is 4.74 Å². The van der Waals surface area contributed by atoms with Crippen LogP contribution in [0.1, 0.15) is 25.0 Å². The van der Waals surface area contributed by atoms with E-state index in [-0.39, 0.29) is 0 Å². The first-order valence-electron chi connectivity index (χ1n) is 5.06. The lowest BCUT2D eigenvalue weighted by Crippen LogP contribution is -2.18. The molecular formula is C13H17NO. The van der Waals surface area contributed by atoms with E-state index < -0.39 is 5.41 Å². The minimum Gasteiger partial charge on any atom is -0.492 e. The minimum absolute atomic E-state index is 0.423. The summed E-state index contributed by atoms with van der Waals surface area (Å²) in [5.41, 5.74) is 2.03. The summed E-state index contributed by atoms with van der Waals surface area (Å²) >= 11 is 0. The third kappa shape index (κ3) is 3.28. The van der Waals surface area contributed by atoms with Crippen molar-refractivity contribution in [2.75, 3.05) is 6.61 Å². The molecule has 80 valence electrons. The average Bonchev–Trinajstić information content (AvgIpc) is 2.20. The molecule has 0 aliphatic rings. The van der Waals surface area contributed by atoms with Crippen LogP contribution in [0.5, 0.6) is 5.75 Å². The number of ether oxygens (including phenoxy) is 1. The summed E-state index contributed by atoms with van der Waals surface area (Å²) < 4.78 is 5.58. The maximum Gasteiger partial charge on any atom is 0.119 e. The van der Waals surface area contributed by atoms with Crippen molar-refractivity contribution in [1.29, 1.82) is 5.26 Å². The summed E-state index contributed by atoms with van der Waals surface area (Å²) in [5, 5.41) is 8.84. The van der Waals surface area contributed by atoms with Gasteiger partial charge in [0.2, 0.25) is 0 Å². The number of benzene rings is 1. The van der Waals surface area contributed by atoms with Crippen molar-refractivity contribution in [1.82, 2.24) is 0 Å². The molecule has 0 heterocycles. The molecule has 2 nitrogen and oxygen atoms in total. The molecule has 15 heavy (non-hydrogen) atoms. The fraction of sp³-hybridized carbons (Fsp3) is 0.462. The van der Waals surface area contributed by atoms with E-state index in [1.807, 2.05) is 32.0 Å². The van der Waals surface area contributed by atoms with Crippen LogP contribution in [0.3, 0.4) is 0 Å².